The summed E-state index contributed by atoms with van der Waals surface area (Å²) in [6, 6.07) is 0. The van der Waals surface area contributed by atoms with Gasteiger partial charge in [-0.15, -0.1) is 0 Å². The molecule has 4 saturated carbocycles. The number of rotatable bonds is 6. The fraction of sp³-hybridized carbons (Fsp3) is 0.936. The third-order valence-electron chi connectivity index (χ3n) is 19.2. The van der Waals surface area contributed by atoms with Gasteiger partial charge in [0.05, 0.1) is 18.3 Å². The molecule has 6 fully saturated rings. The van der Waals surface area contributed by atoms with Crippen LogP contribution >= 0.6 is 0 Å². The van der Waals surface area contributed by atoms with Crippen LogP contribution in [0.5, 0.6) is 0 Å². The number of ether oxygens (including phenoxy) is 4. The van der Waals surface area contributed by atoms with E-state index >= 15 is 0 Å². The molecule has 296 valence electrons. The van der Waals surface area contributed by atoms with E-state index in [0.717, 1.165) is 32.1 Å². The second kappa shape index (κ2) is 13.7. The fourth-order valence-corrected chi connectivity index (χ4v) is 14.4. The van der Waals surface area contributed by atoms with Crippen molar-refractivity contribution in [2.24, 2.45) is 80.3 Å². The highest BCUT2D eigenvalue weighted by molar-refractivity contribution is 5.63. The zero-order chi connectivity index (χ0) is 37.8. The molecule has 5 heteroatoms. The largest absolute Gasteiger partial charge is 0.349 e. The SMILES string of the molecule is CCC1O[C@@H](O[C@H]2C(C)[C@H](C)C(C)O[C@H]2O[C@H]2CCC3(C)C(CCC4(C)C3CC=C3C5CC(C)(C)CCC5(C=O)CC[C@]34C)C2C)[C@@H](C)C(C)[C@H]1C. The minimum atomic E-state index is -0.378. The summed E-state index contributed by atoms with van der Waals surface area (Å²) in [5.41, 5.74) is 2.53. The van der Waals surface area contributed by atoms with Crippen molar-refractivity contribution in [3.8, 4) is 0 Å². The van der Waals surface area contributed by atoms with Crippen LogP contribution in [0.2, 0.25) is 0 Å². The van der Waals surface area contributed by atoms with Gasteiger partial charge < -0.3 is 23.7 Å². The molecule has 0 bridgehead atoms. The Balaban J connectivity index is 1.11. The van der Waals surface area contributed by atoms with Crippen LogP contribution in [-0.4, -0.2) is 43.3 Å². The van der Waals surface area contributed by atoms with Crippen molar-refractivity contribution in [2.75, 3.05) is 0 Å². The van der Waals surface area contributed by atoms with Crippen LogP contribution in [0.15, 0.2) is 11.6 Å². The lowest BCUT2D eigenvalue weighted by Gasteiger charge is -2.70. The monoisotopic (exact) mass is 723 g/mol. The molecular formula is C47H78O5. The number of allylic oxidation sites excluding steroid dienone is 2. The maximum Gasteiger partial charge on any atom is 0.184 e. The van der Waals surface area contributed by atoms with Crippen LogP contribution in [0.1, 0.15) is 161 Å². The molecule has 0 N–H and O–H groups in total. The Morgan fingerprint density at radius 1 is 0.750 bits per heavy atom. The molecule has 2 aliphatic heterocycles. The molecule has 0 spiro atoms. The van der Waals surface area contributed by atoms with Crippen molar-refractivity contribution in [3.05, 3.63) is 11.6 Å². The van der Waals surface area contributed by atoms with E-state index in [2.05, 4.69) is 96.1 Å². The molecule has 2 saturated heterocycles. The fourth-order valence-electron chi connectivity index (χ4n) is 14.4. The Bertz CT molecular complexity index is 1350. The van der Waals surface area contributed by atoms with Crippen molar-refractivity contribution >= 4 is 6.29 Å². The summed E-state index contributed by atoms with van der Waals surface area (Å²) < 4.78 is 27.8. The van der Waals surface area contributed by atoms with Crippen LogP contribution in [0, 0.1) is 80.3 Å². The van der Waals surface area contributed by atoms with E-state index in [9.17, 15) is 4.79 Å². The summed E-state index contributed by atoms with van der Waals surface area (Å²) >= 11 is 0. The van der Waals surface area contributed by atoms with Gasteiger partial charge in [-0.05, 0) is 147 Å². The summed E-state index contributed by atoms with van der Waals surface area (Å²) in [5, 5.41) is 0. The lowest BCUT2D eigenvalue weighted by Crippen LogP contribution is -2.63. The summed E-state index contributed by atoms with van der Waals surface area (Å²) in [5.74, 6) is 4.23. The minimum absolute atomic E-state index is 0.124. The van der Waals surface area contributed by atoms with E-state index in [1.807, 2.05) is 0 Å². The maximum absolute atomic E-state index is 12.9. The van der Waals surface area contributed by atoms with Gasteiger partial charge in [-0.2, -0.15) is 0 Å². The van der Waals surface area contributed by atoms with E-state index in [1.54, 1.807) is 5.57 Å². The summed E-state index contributed by atoms with van der Waals surface area (Å²) in [4.78, 5) is 12.9. The molecule has 7 rings (SSSR count). The molecule has 19 atom stereocenters. The van der Waals surface area contributed by atoms with Gasteiger partial charge in [0.25, 0.3) is 0 Å². The number of carbonyl (C=O) groups excluding carboxylic acids is 1. The van der Waals surface area contributed by atoms with Crippen LogP contribution in [-0.2, 0) is 23.7 Å². The van der Waals surface area contributed by atoms with Gasteiger partial charge in [0, 0.05) is 11.3 Å². The van der Waals surface area contributed by atoms with Crippen molar-refractivity contribution in [3.63, 3.8) is 0 Å². The quantitative estimate of drug-likeness (QED) is 0.155. The van der Waals surface area contributed by atoms with Gasteiger partial charge in [-0.1, -0.05) is 94.7 Å². The maximum atomic E-state index is 12.9. The lowest BCUT2D eigenvalue weighted by molar-refractivity contribution is -0.347. The number of carbonyl (C=O) groups is 1. The van der Waals surface area contributed by atoms with E-state index in [-0.39, 0.29) is 58.7 Å². The average molecular weight is 723 g/mol. The second-order valence-corrected chi connectivity index (χ2v) is 21.7. The molecule has 11 unspecified atom stereocenters. The standard InChI is InChI=1S/C47H78O5/c1-14-37-29(4)27(2)31(6)41(50-37)52-40-30(5)28(3)33(8)49-42(40)51-38-18-19-44(11)34(32(38)7)17-20-46(13)39(44)16-15-35-36-25-43(9,10)21-23-47(36,26-48)24-22-45(35,46)12/h15,26-34,36-42H,14,16-25H2,1-13H3/t27?,28-,29+,30?,31-,32?,33?,34?,36?,37?,38-,39?,40-,41-,42-,44?,45+,46?,47?/m0/s1. The van der Waals surface area contributed by atoms with E-state index in [0.29, 0.717) is 58.7 Å². The van der Waals surface area contributed by atoms with Gasteiger partial charge in [0.15, 0.2) is 12.6 Å². The van der Waals surface area contributed by atoms with Gasteiger partial charge in [0.1, 0.15) is 12.4 Å². The first kappa shape index (κ1) is 39.5. The molecular weight excluding hydrogens is 645 g/mol. The Labute approximate surface area is 318 Å². The van der Waals surface area contributed by atoms with Crippen LogP contribution < -0.4 is 0 Å². The van der Waals surface area contributed by atoms with Gasteiger partial charge in [-0.25, -0.2) is 0 Å². The zero-order valence-corrected chi connectivity index (χ0v) is 35.6. The highest BCUT2D eigenvalue weighted by Crippen LogP contribution is 2.74. The topological polar surface area (TPSA) is 54.0 Å². The van der Waals surface area contributed by atoms with E-state index < -0.39 is 0 Å². The third kappa shape index (κ3) is 5.91. The number of hydrogen-bond acceptors (Lipinski definition) is 5. The van der Waals surface area contributed by atoms with Crippen molar-refractivity contribution in [2.45, 2.75) is 198 Å². The highest BCUT2D eigenvalue weighted by atomic mass is 16.7. The van der Waals surface area contributed by atoms with Crippen molar-refractivity contribution in [1.29, 1.82) is 0 Å². The van der Waals surface area contributed by atoms with Crippen LogP contribution in [0.3, 0.4) is 0 Å². The predicted molar refractivity (Wildman–Crippen MR) is 209 cm³/mol. The van der Waals surface area contributed by atoms with Crippen LogP contribution in [0.25, 0.3) is 0 Å². The van der Waals surface area contributed by atoms with Crippen LogP contribution in [0.4, 0.5) is 0 Å². The number of fused-ring (bicyclic) bond motifs is 7. The first-order chi connectivity index (χ1) is 24.4. The third-order valence-corrected chi connectivity index (χ3v) is 19.2. The molecule has 0 aromatic carbocycles. The first-order valence-corrected chi connectivity index (χ1v) is 22.1. The molecule has 5 aliphatic carbocycles. The van der Waals surface area contributed by atoms with Gasteiger partial charge >= 0.3 is 0 Å². The summed E-state index contributed by atoms with van der Waals surface area (Å²) in [7, 11) is 0. The number of aldehydes is 1. The molecule has 0 amide bonds. The molecule has 0 aromatic heterocycles. The molecule has 0 radical (unpaired) electrons. The average Bonchev–Trinajstić information content (AvgIpc) is 3.10. The normalized spacial score (nSPS) is 55.9. The first-order valence-electron chi connectivity index (χ1n) is 22.1. The summed E-state index contributed by atoms with van der Waals surface area (Å²) in [6.45, 7) is 31.5. The highest BCUT2D eigenvalue weighted by Gasteiger charge is 2.67. The van der Waals surface area contributed by atoms with Crippen molar-refractivity contribution in [1.82, 2.24) is 0 Å². The Morgan fingerprint density at radius 3 is 2.15 bits per heavy atom. The van der Waals surface area contributed by atoms with E-state index in [4.69, 9.17) is 18.9 Å². The van der Waals surface area contributed by atoms with E-state index in [1.165, 1.54) is 44.8 Å². The Kier molecular flexibility index (Phi) is 10.4. The zero-order valence-electron chi connectivity index (χ0n) is 35.6. The molecule has 0 aromatic rings. The Morgan fingerprint density at radius 2 is 1.46 bits per heavy atom. The minimum Gasteiger partial charge on any atom is -0.349 e. The predicted octanol–water partition coefficient (Wildman–Crippen LogP) is 11.4. The van der Waals surface area contributed by atoms with Crippen molar-refractivity contribution < 1.29 is 23.7 Å². The Hall–Kier alpha value is -0.750. The summed E-state index contributed by atoms with van der Waals surface area (Å²) in [6.07, 6.45) is 16.5. The molecule has 5 nitrogen and oxygen atoms in total. The van der Waals surface area contributed by atoms with Gasteiger partial charge in [-0.3, -0.25) is 0 Å². The number of hydrogen-bond donors (Lipinski definition) is 0. The molecule has 2 heterocycles. The molecule has 7 aliphatic rings. The molecule has 52 heavy (non-hydrogen) atoms. The second-order valence-electron chi connectivity index (χ2n) is 21.7. The van der Waals surface area contributed by atoms with Gasteiger partial charge in [0.2, 0.25) is 0 Å². The lowest BCUT2D eigenvalue weighted by atomic mass is 9.34. The smallest absolute Gasteiger partial charge is 0.184 e.